The summed E-state index contributed by atoms with van der Waals surface area (Å²) >= 11 is 0. The number of aryl methyl sites for hydroxylation is 1. The molecule has 1 aromatic carbocycles. The van der Waals surface area contributed by atoms with Gasteiger partial charge in [-0.05, 0) is 69.1 Å². The third-order valence-corrected chi connectivity index (χ3v) is 12.9. The molecule has 2 aromatic rings. The predicted octanol–water partition coefficient (Wildman–Crippen LogP) is 2.01. The Bertz CT molecular complexity index is 1840. The van der Waals surface area contributed by atoms with Crippen LogP contribution >= 0.6 is 0 Å². The summed E-state index contributed by atoms with van der Waals surface area (Å²) in [7, 11) is -2.26. The lowest BCUT2D eigenvalue weighted by molar-refractivity contribution is -0.139. The van der Waals surface area contributed by atoms with Crippen LogP contribution in [-0.4, -0.2) is 116 Å². The monoisotopic (exact) mass is 740 g/mol. The van der Waals surface area contributed by atoms with Crippen LogP contribution in [0.1, 0.15) is 70.3 Å². The van der Waals surface area contributed by atoms with Gasteiger partial charge < -0.3 is 34.6 Å². The Morgan fingerprint density at radius 2 is 1.92 bits per heavy atom. The zero-order valence-corrected chi connectivity index (χ0v) is 30.5. The molecule has 4 fully saturated rings. The number of aromatic nitrogens is 1. The molecule has 4 bridgehead atoms. The number of ether oxygens (including phenoxy) is 3. The normalized spacial score (nSPS) is 28.5. The number of rotatable bonds is 7. The van der Waals surface area contributed by atoms with E-state index in [1.165, 1.54) is 4.90 Å². The number of hydrogen-bond acceptors (Lipinski definition) is 10. The molecule has 0 spiro atoms. The molecule has 2 saturated heterocycles. The highest BCUT2D eigenvalue weighted by Crippen LogP contribution is 2.47. The molecule has 0 radical (unpaired) electrons. The average Bonchev–Trinajstić information content (AvgIpc) is 4.02. The number of carbonyl (C=O) groups is 4. The molecule has 7 rings (SSSR count). The smallest absolute Gasteiger partial charge is 0.317 e. The molecular weight excluding hydrogens is 692 g/mol. The summed E-state index contributed by atoms with van der Waals surface area (Å²) < 4.78 is 45.6. The van der Waals surface area contributed by atoms with Gasteiger partial charge >= 0.3 is 6.03 Å². The first-order valence-electron chi connectivity index (χ1n) is 18.5. The highest BCUT2D eigenvalue weighted by molar-refractivity contribution is 7.91. The fourth-order valence-electron chi connectivity index (χ4n) is 7.70. The van der Waals surface area contributed by atoms with Crippen molar-refractivity contribution in [3.63, 3.8) is 0 Å². The van der Waals surface area contributed by atoms with E-state index in [1.807, 2.05) is 25.1 Å². The third-order valence-electron chi connectivity index (χ3n) is 11.0. The highest BCUT2D eigenvalue weighted by Gasteiger charge is 2.62. The summed E-state index contributed by atoms with van der Waals surface area (Å²) in [6.45, 7) is 3.10. The lowest BCUT2D eigenvalue weighted by atomic mass is 10.1. The molecule has 2 saturated carbocycles. The first-order chi connectivity index (χ1) is 25.0. The van der Waals surface area contributed by atoms with Gasteiger partial charge in [0.2, 0.25) is 27.7 Å². The Labute approximate surface area is 303 Å². The van der Waals surface area contributed by atoms with Crippen molar-refractivity contribution in [2.75, 3.05) is 39.9 Å². The van der Waals surface area contributed by atoms with Crippen LogP contribution in [0.5, 0.6) is 11.6 Å². The van der Waals surface area contributed by atoms with E-state index in [0.717, 1.165) is 30.2 Å². The molecule has 4 heterocycles. The number of urea groups is 1. The van der Waals surface area contributed by atoms with E-state index in [2.05, 4.69) is 21.4 Å². The first-order valence-corrected chi connectivity index (χ1v) is 20.0. The molecule has 52 heavy (non-hydrogen) atoms. The summed E-state index contributed by atoms with van der Waals surface area (Å²) in [6.07, 6.45) is 5.25. The second kappa shape index (κ2) is 14.7. The summed E-state index contributed by atoms with van der Waals surface area (Å²) in [5.74, 6) is -1.04. The maximum atomic E-state index is 14.1. The number of benzene rings is 1. The van der Waals surface area contributed by atoms with Crippen molar-refractivity contribution in [3.8, 4) is 11.6 Å². The number of hydrogen-bond donors (Lipinski definition) is 3. The maximum absolute atomic E-state index is 14.1. The molecule has 15 nitrogen and oxygen atoms in total. The topological polar surface area (TPSA) is 186 Å². The second-order valence-electron chi connectivity index (χ2n) is 14.7. The molecule has 1 aromatic heterocycles. The van der Waals surface area contributed by atoms with Crippen LogP contribution in [0.3, 0.4) is 0 Å². The number of nitrogens with one attached hydrogen (secondary N) is 3. The van der Waals surface area contributed by atoms with E-state index in [9.17, 15) is 27.6 Å². The van der Waals surface area contributed by atoms with Gasteiger partial charge in [-0.15, -0.1) is 0 Å². The molecule has 5 amide bonds. The summed E-state index contributed by atoms with van der Waals surface area (Å²) in [4.78, 5) is 62.3. The van der Waals surface area contributed by atoms with Gasteiger partial charge in [-0.3, -0.25) is 19.1 Å². The zero-order valence-electron chi connectivity index (χ0n) is 29.7. The number of methoxy groups -OCH3 is 1. The standard InChI is InChI=1S/C36H48N6O9S/c1-3-24-18-36(24,34(45)40-52(47,48)28-10-11-28)39-32(44)30-17-27-21-42(30)31(43)19-37-35(46)41-13-12-26(20-41)50-14-6-4-5-7-23-15-22-8-9-25(49-2)16-29(22)38-33(23)51-27/h8-9,15-16,24,26-28,30H,3-7,10-14,17-21H2,1-2H3,(H,37,46)(H,39,44)(H,40,45)/t24-,26+,27-,30+,36-/m1/s1. The van der Waals surface area contributed by atoms with Gasteiger partial charge in [-0.25, -0.2) is 18.2 Å². The minimum Gasteiger partial charge on any atom is -0.497 e. The molecule has 5 aliphatic rings. The number of amides is 5. The van der Waals surface area contributed by atoms with Gasteiger partial charge in [-0.2, -0.15) is 0 Å². The molecule has 282 valence electrons. The summed E-state index contributed by atoms with van der Waals surface area (Å²) in [5, 5.41) is 5.90. The van der Waals surface area contributed by atoms with Crippen LogP contribution in [0.25, 0.3) is 10.9 Å². The number of fused-ring (bicyclic) bond motifs is 6. The Morgan fingerprint density at radius 3 is 2.67 bits per heavy atom. The average molecular weight is 741 g/mol. The van der Waals surface area contributed by atoms with Gasteiger partial charge in [0, 0.05) is 43.1 Å². The van der Waals surface area contributed by atoms with E-state index < -0.39 is 50.7 Å². The molecular formula is C36H48N6O9S. The minimum atomic E-state index is -3.84. The fraction of sp³-hybridized carbons (Fsp3) is 0.639. The lowest BCUT2D eigenvalue weighted by Gasteiger charge is -2.27. The Hall–Kier alpha value is -4.18. The van der Waals surface area contributed by atoms with E-state index >= 15 is 0 Å². The number of sulfonamides is 1. The highest BCUT2D eigenvalue weighted by atomic mass is 32.2. The molecule has 2 aliphatic carbocycles. The van der Waals surface area contributed by atoms with Gasteiger partial charge in [0.25, 0.3) is 5.91 Å². The van der Waals surface area contributed by atoms with Crippen LogP contribution in [0.2, 0.25) is 0 Å². The SMILES string of the molecule is CC[C@@H]1C[C@]1(NC(=O)[C@@H]1C[C@@H]2CN1C(=O)CNC(=O)N1CC[C@@H](C1)OCCCCCc1cc3ccc(OC)cc3nc1O2)C(=O)NS(=O)(=O)C1CC1. The predicted molar refractivity (Wildman–Crippen MR) is 189 cm³/mol. The Balaban J connectivity index is 1.16. The second-order valence-corrected chi connectivity index (χ2v) is 16.7. The molecule has 5 atom stereocenters. The van der Waals surface area contributed by atoms with Crippen molar-refractivity contribution in [3.05, 3.63) is 29.8 Å². The van der Waals surface area contributed by atoms with Crippen LogP contribution in [0, 0.1) is 5.92 Å². The largest absolute Gasteiger partial charge is 0.497 e. The summed E-state index contributed by atoms with van der Waals surface area (Å²) in [6, 6.07) is 6.27. The zero-order chi connectivity index (χ0) is 36.6. The first kappa shape index (κ1) is 36.2. The van der Waals surface area contributed by atoms with Crippen molar-refractivity contribution < 1.29 is 41.8 Å². The number of nitrogens with zero attached hydrogens (tertiary/aromatic N) is 3. The van der Waals surface area contributed by atoms with Gasteiger partial charge in [-0.1, -0.05) is 19.8 Å². The fourth-order valence-corrected chi connectivity index (χ4v) is 9.06. The lowest BCUT2D eigenvalue weighted by Crippen LogP contribution is -2.57. The van der Waals surface area contributed by atoms with Gasteiger partial charge in [0.05, 0.1) is 37.1 Å². The summed E-state index contributed by atoms with van der Waals surface area (Å²) in [5.41, 5.74) is 0.171. The van der Waals surface area contributed by atoms with Crippen molar-refractivity contribution in [2.45, 2.75) is 100 Å². The van der Waals surface area contributed by atoms with E-state index in [0.29, 0.717) is 68.9 Å². The molecule has 3 aliphatic heterocycles. The number of carbonyl (C=O) groups excluding carboxylic acids is 4. The van der Waals surface area contributed by atoms with E-state index in [-0.39, 0.29) is 44.0 Å². The molecule has 3 N–H and O–H groups in total. The van der Waals surface area contributed by atoms with Crippen LogP contribution in [0.15, 0.2) is 24.3 Å². The van der Waals surface area contributed by atoms with Crippen LogP contribution in [0.4, 0.5) is 4.79 Å². The van der Waals surface area contributed by atoms with Crippen molar-refractivity contribution in [2.24, 2.45) is 5.92 Å². The molecule has 0 unspecified atom stereocenters. The van der Waals surface area contributed by atoms with Crippen molar-refractivity contribution in [1.29, 1.82) is 0 Å². The number of pyridine rings is 1. The Kier molecular flexibility index (Phi) is 10.2. The van der Waals surface area contributed by atoms with Crippen molar-refractivity contribution in [1.82, 2.24) is 30.1 Å². The van der Waals surface area contributed by atoms with Gasteiger partial charge in [0.1, 0.15) is 23.4 Å². The molecule has 16 heteroatoms. The third kappa shape index (κ3) is 7.63. The maximum Gasteiger partial charge on any atom is 0.317 e. The quantitative estimate of drug-likeness (QED) is 0.380. The van der Waals surface area contributed by atoms with E-state index in [4.69, 9.17) is 19.2 Å². The van der Waals surface area contributed by atoms with Crippen LogP contribution < -0.4 is 24.8 Å². The van der Waals surface area contributed by atoms with Crippen molar-refractivity contribution >= 4 is 44.7 Å². The van der Waals surface area contributed by atoms with Crippen LogP contribution in [-0.2, 0) is 35.6 Å². The Morgan fingerprint density at radius 1 is 1.10 bits per heavy atom. The minimum absolute atomic E-state index is 0.0378. The van der Waals surface area contributed by atoms with E-state index in [1.54, 1.807) is 12.0 Å². The van der Waals surface area contributed by atoms with Gasteiger partial charge in [0.15, 0.2) is 0 Å².